The molecule has 1 aliphatic rings. The van der Waals surface area contributed by atoms with E-state index in [1.165, 1.54) is 0 Å². The van der Waals surface area contributed by atoms with Crippen LogP contribution >= 0.6 is 0 Å². The smallest absolute Gasteiger partial charge is 0.212 e. The van der Waals surface area contributed by atoms with Crippen LogP contribution in [0.1, 0.15) is 37.9 Å². The van der Waals surface area contributed by atoms with Gasteiger partial charge in [0.15, 0.2) is 0 Å². The maximum absolute atomic E-state index is 10.4. The average molecular weight is 246 g/mol. The predicted octanol–water partition coefficient (Wildman–Crippen LogP) is 2.45. The summed E-state index contributed by atoms with van der Waals surface area (Å²) in [4.78, 5) is 4.08. The van der Waals surface area contributed by atoms with Gasteiger partial charge in [-0.3, -0.25) is 0 Å². The van der Waals surface area contributed by atoms with Crippen LogP contribution in [-0.2, 0) is 0 Å². The fraction of sp³-hybridized carbons (Fsp3) is 0.571. The van der Waals surface area contributed by atoms with Crippen LogP contribution in [0.4, 0.5) is 0 Å². The van der Waals surface area contributed by atoms with Crippen molar-refractivity contribution < 1.29 is 9.84 Å². The van der Waals surface area contributed by atoms with Crippen molar-refractivity contribution in [1.29, 1.82) is 5.26 Å². The summed E-state index contributed by atoms with van der Waals surface area (Å²) in [5.74, 6) is 1.00. The fourth-order valence-corrected chi connectivity index (χ4v) is 2.73. The molecule has 3 atom stereocenters. The minimum absolute atomic E-state index is 0.491. The molecule has 0 bridgehead atoms. The number of rotatable bonds is 3. The molecule has 1 aromatic heterocycles. The van der Waals surface area contributed by atoms with Crippen molar-refractivity contribution in [3.05, 3.63) is 23.9 Å². The zero-order chi connectivity index (χ0) is 13.2. The van der Waals surface area contributed by atoms with E-state index in [0.717, 1.165) is 19.3 Å². The van der Waals surface area contributed by atoms with Gasteiger partial charge < -0.3 is 9.84 Å². The number of aromatic nitrogens is 1. The van der Waals surface area contributed by atoms with Crippen LogP contribution in [0.5, 0.6) is 5.88 Å². The van der Waals surface area contributed by atoms with Gasteiger partial charge in [0.1, 0.15) is 0 Å². The second kappa shape index (κ2) is 4.95. The largest absolute Gasteiger partial charge is 0.481 e. The SMILES string of the molecule is COc1ccc(C(O)C2(C#N)CCC(C)C2)cn1. The van der Waals surface area contributed by atoms with Crippen LogP contribution in [0.2, 0.25) is 0 Å². The molecule has 1 fully saturated rings. The Bertz CT molecular complexity index is 452. The van der Waals surface area contributed by atoms with Crippen molar-refractivity contribution in [2.24, 2.45) is 11.3 Å². The summed E-state index contributed by atoms with van der Waals surface area (Å²) in [6.45, 7) is 2.12. The number of aliphatic hydroxyl groups excluding tert-OH is 1. The Morgan fingerprint density at radius 2 is 2.39 bits per heavy atom. The molecule has 0 spiro atoms. The molecule has 0 aliphatic heterocycles. The molecule has 0 amide bonds. The first-order valence-electron chi connectivity index (χ1n) is 6.20. The van der Waals surface area contributed by atoms with Gasteiger partial charge in [-0.2, -0.15) is 5.26 Å². The first-order chi connectivity index (χ1) is 8.61. The van der Waals surface area contributed by atoms with Crippen LogP contribution in [0.15, 0.2) is 18.3 Å². The van der Waals surface area contributed by atoms with Gasteiger partial charge in [-0.1, -0.05) is 6.92 Å². The Morgan fingerprint density at radius 1 is 1.61 bits per heavy atom. The van der Waals surface area contributed by atoms with Gasteiger partial charge in [-0.05, 0) is 31.2 Å². The Hall–Kier alpha value is -1.60. The highest BCUT2D eigenvalue weighted by Gasteiger charge is 2.44. The molecule has 1 heterocycles. The highest BCUT2D eigenvalue weighted by Crippen LogP contribution is 2.49. The molecular weight excluding hydrogens is 228 g/mol. The fourth-order valence-electron chi connectivity index (χ4n) is 2.73. The zero-order valence-electron chi connectivity index (χ0n) is 10.8. The molecule has 0 radical (unpaired) electrons. The maximum Gasteiger partial charge on any atom is 0.212 e. The van der Waals surface area contributed by atoms with Gasteiger partial charge in [0.05, 0.1) is 24.7 Å². The van der Waals surface area contributed by atoms with Gasteiger partial charge in [0.2, 0.25) is 5.88 Å². The highest BCUT2D eigenvalue weighted by molar-refractivity contribution is 5.24. The summed E-state index contributed by atoms with van der Waals surface area (Å²) >= 11 is 0. The van der Waals surface area contributed by atoms with E-state index in [4.69, 9.17) is 4.74 Å². The quantitative estimate of drug-likeness (QED) is 0.889. The van der Waals surface area contributed by atoms with Crippen LogP contribution in [0.25, 0.3) is 0 Å². The number of hydrogen-bond donors (Lipinski definition) is 1. The lowest BCUT2D eigenvalue weighted by Crippen LogP contribution is -2.24. The lowest BCUT2D eigenvalue weighted by molar-refractivity contribution is 0.0643. The molecule has 0 saturated heterocycles. The molecule has 2 rings (SSSR count). The van der Waals surface area contributed by atoms with Gasteiger partial charge in [-0.15, -0.1) is 0 Å². The van der Waals surface area contributed by atoms with Gasteiger partial charge >= 0.3 is 0 Å². The van der Waals surface area contributed by atoms with Gasteiger partial charge in [0, 0.05) is 17.8 Å². The summed E-state index contributed by atoms with van der Waals surface area (Å²) in [5.41, 5.74) is 0.0295. The summed E-state index contributed by atoms with van der Waals surface area (Å²) in [7, 11) is 1.55. The summed E-state index contributed by atoms with van der Waals surface area (Å²) in [6, 6.07) is 5.81. The molecular formula is C14H18N2O2. The van der Waals surface area contributed by atoms with E-state index >= 15 is 0 Å². The molecule has 1 N–H and O–H groups in total. The zero-order valence-corrected chi connectivity index (χ0v) is 10.8. The van der Waals surface area contributed by atoms with Crippen molar-refractivity contribution in [3.63, 3.8) is 0 Å². The Kier molecular flexibility index (Phi) is 3.53. The third-order valence-electron chi connectivity index (χ3n) is 3.83. The Labute approximate surface area is 107 Å². The van der Waals surface area contributed by atoms with E-state index in [-0.39, 0.29) is 0 Å². The monoisotopic (exact) mass is 246 g/mol. The lowest BCUT2D eigenvalue weighted by atomic mass is 9.78. The predicted molar refractivity (Wildman–Crippen MR) is 66.8 cm³/mol. The average Bonchev–Trinajstić information content (AvgIpc) is 2.81. The number of nitriles is 1. The molecule has 1 aromatic rings. The highest BCUT2D eigenvalue weighted by atomic mass is 16.5. The van der Waals surface area contributed by atoms with Crippen molar-refractivity contribution in [2.45, 2.75) is 32.3 Å². The summed E-state index contributed by atoms with van der Waals surface area (Å²) in [6.07, 6.45) is 3.31. The van der Waals surface area contributed by atoms with Crippen LogP contribution < -0.4 is 4.74 Å². The molecule has 96 valence electrons. The molecule has 4 heteroatoms. The van der Waals surface area contributed by atoms with E-state index in [2.05, 4.69) is 18.0 Å². The van der Waals surface area contributed by atoms with Gasteiger partial charge in [0.25, 0.3) is 0 Å². The van der Waals surface area contributed by atoms with Crippen molar-refractivity contribution in [1.82, 2.24) is 4.98 Å². The second-order valence-electron chi connectivity index (χ2n) is 5.15. The molecule has 4 nitrogen and oxygen atoms in total. The van der Waals surface area contributed by atoms with Crippen molar-refractivity contribution >= 4 is 0 Å². The lowest BCUT2D eigenvalue weighted by Gasteiger charge is -2.27. The second-order valence-corrected chi connectivity index (χ2v) is 5.15. The molecule has 3 unspecified atom stereocenters. The third kappa shape index (κ3) is 2.19. The normalized spacial score (nSPS) is 28.7. The topological polar surface area (TPSA) is 66.1 Å². The number of pyridine rings is 1. The minimum Gasteiger partial charge on any atom is -0.481 e. The summed E-state index contributed by atoms with van der Waals surface area (Å²) < 4.78 is 4.99. The van der Waals surface area contributed by atoms with E-state index in [1.54, 1.807) is 25.4 Å². The first-order valence-corrected chi connectivity index (χ1v) is 6.20. The third-order valence-corrected chi connectivity index (χ3v) is 3.83. The molecule has 18 heavy (non-hydrogen) atoms. The molecule has 1 aliphatic carbocycles. The Morgan fingerprint density at radius 3 is 2.83 bits per heavy atom. The first kappa shape index (κ1) is 12.8. The van der Waals surface area contributed by atoms with E-state index in [1.807, 2.05) is 0 Å². The number of hydrogen-bond acceptors (Lipinski definition) is 4. The minimum atomic E-state index is -0.772. The van der Waals surface area contributed by atoms with Gasteiger partial charge in [-0.25, -0.2) is 4.98 Å². The van der Waals surface area contributed by atoms with Crippen molar-refractivity contribution in [2.75, 3.05) is 7.11 Å². The number of ether oxygens (including phenoxy) is 1. The summed E-state index contributed by atoms with van der Waals surface area (Å²) in [5, 5.41) is 19.9. The molecule has 1 saturated carbocycles. The van der Waals surface area contributed by atoms with Crippen LogP contribution in [0.3, 0.4) is 0 Å². The van der Waals surface area contributed by atoms with Crippen molar-refractivity contribution in [3.8, 4) is 11.9 Å². The number of nitrogens with zero attached hydrogens (tertiary/aromatic N) is 2. The maximum atomic E-state index is 10.4. The van der Waals surface area contributed by atoms with E-state index < -0.39 is 11.5 Å². The van der Waals surface area contributed by atoms with Crippen LogP contribution in [-0.4, -0.2) is 17.2 Å². The van der Waals surface area contributed by atoms with Crippen LogP contribution in [0, 0.1) is 22.7 Å². The van der Waals surface area contributed by atoms with E-state index in [9.17, 15) is 10.4 Å². The Balaban J connectivity index is 2.24. The molecule has 0 aromatic carbocycles. The van der Waals surface area contributed by atoms with E-state index in [0.29, 0.717) is 17.4 Å². The number of methoxy groups -OCH3 is 1. The standard InChI is InChI=1S/C14H18N2O2/c1-10-5-6-14(7-10,9-15)13(17)11-3-4-12(18-2)16-8-11/h3-4,8,10,13,17H,5-7H2,1-2H3. The number of aliphatic hydroxyl groups is 1.